The van der Waals surface area contributed by atoms with Crippen LogP contribution < -0.4 is 15.5 Å². The van der Waals surface area contributed by atoms with Crippen LogP contribution in [0.15, 0.2) is 18.2 Å². The van der Waals surface area contributed by atoms with Gasteiger partial charge in [-0.05, 0) is 37.5 Å². The summed E-state index contributed by atoms with van der Waals surface area (Å²) < 4.78 is 0. The van der Waals surface area contributed by atoms with Crippen molar-refractivity contribution in [2.75, 3.05) is 25.0 Å². The van der Waals surface area contributed by atoms with Crippen molar-refractivity contribution in [3.8, 4) is 0 Å². The summed E-state index contributed by atoms with van der Waals surface area (Å²) in [6, 6.07) is 6.55. The zero-order valence-corrected chi connectivity index (χ0v) is 12.8. The Labute approximate surface area is 125 Å². The van der Waals surface area contributed by atoms with Crippen LogP contribution >= 0.6 is 11.6 Å². The SMILES string of the molecule is CCN(CC(=O)NC)c1cc(Cl)ccc1CNC1CC1. The van der Waals surface area contributed by atoms with Gasteiger partial charge in [0.2, 0.25) is 5.91 Å². The van der Waals surface area contributed by atoms with Crippen LogP contribution in [0.1, 0.15) is 25.3 Å². The first-order valence-corrected chi connectivity index (χ1v) is 7.49. The number of carbonyl (C=O) groups is 1. The summed E-state index contributed by atoms with van der Waals surface area (Å²) in [5.74, 6) is 0.00734. The van der Waals surface area contributed by atoms with Crippen LogP contribution in [0, 0.1) is 0 Å². The normalized spacial score (nSPS) is 14.2. The fraction of sp³-hybridized carbons (Fsp3) is 0.533. The fourth-order valence-electron chi connectivity index (χ4n) is 2.14. The Morgan fingerprint density at radius 1 is 1.45 bits per heavy atom. The van der Waals surface area contributed by atoms with Gasteiger partial charge >= 0.3 is 0 Å². The van der Waals surface area contributed by atoms with Gasteiger partial charge in [0.1, 0.15) is 0 Å². The first-order chi connectivity index (χ1) is 9.63. The predicted octanol–water partition coefficient (Wildman–Crippen LogP) is 2.16. The highest BCUT2D eigenvalue weighted by atomic mass is 35.5. The lowest BCUT2D eigenvalue weighted by atomic mass is 10.1. The summed E-state index contributed by atoms with van der Waals surface area (Å²) in [6.45, 7) is 3.98. The van der Waals surface area contributed by atoms with E-state index in [2.05, 4.69) is 15.5 Å². The molecular formula is C15H22ClN3O. The molecule has 1 amide bonds. The molecular weight excluding hydrogens is 274 g/mol. The molecule has 0 spiro atoms. The molecule has 5 heteroatoms. The van der Waals surface area contributed by atoms with Gasteiger partial charge in [-0.3, -0.25) is 4.79 Å². The third-order valence-electron chi connectivity index (χ3n) is 3.54. The molecule has 1 saturated carbocycles. The van der Waals surface area contributed by atoms with Crippen molar-refractivity contribution in [3.63, 3.8) is 0 Å². The Balaban J connectivity index is 2.16. The Kier molecular flexibility index (Phi) is 5.26. The van der Waals surface area contributed by atoms with E-state index in [0.29, 0.717) is 17.6 Å². The molecule has 1 aromatic carbocycles. The molecule has 1 aliphatic carbocycles. The van der Waals surface area contributed by atoms with Crippen molar-refractivity contribution in [3.05, 3.63) is 28.8 Å². The Hall–Kier alpha value is -1.26. The van der Waals surface area contributed by atoms with E-state index in [-0.39, 0.29) is 5.91 Å². The summed E-state index contributed by atoms with van der Waals surface area (Å²) in [5.41, 5.74) is 2.23. The quantitative estimate of drug-likeness (QED) is 0.810. The number of likely N-dealkylation sites (N-methyl/N-ethyl adjacent to an activating group) is 2. The number of hydrogen-bond acceptors (Lipinski definition) is 3. The first kappa shape index (κ1) is 15.1. The van der Waals surface area contributed by atoms with Crippen molar-refractivity contribution >= 4 is 23.2 Å². The van der Waals surface area contributed by atoms with Crippen molar-refractivity contribution in [1.29, 1.82) is 0 Å². The Morgan fingerprint density at radius 2 is 2.20 bits per heavy atom. The molecule has 0 heterocycles. The number of halogens is 1. The minimum atomic E-state index is 0.00734. The molecule has 1 aromatic rings. The van der Waals surface area contributed by atoms with Crippen molar-refractivity contribution < 1.29 is 4.79 Å². The van der Waals surface area contributed by atoms with Crippen LogP contribution in [-0.2, 0) is 11.3 Å². The maximum absolute atomic E-state index is 11.6. The van der Waals surface area contributed by atoms with Crippen LogP contribution in [-0.4, -0.2) is 32.1 Å². The van der Waals surface area contributed by atoms with Crippen molar-refractivity contribution in [1.82, 2.24) is 10.6 Å². The van der Waals surface area contributed by atoms with Gasteiger partial charge in [-0.1, -0.05) is 17.7 Å². The van der Waals surface area contributed by atoms with Gasteiger partial charge < -0.3 is 15.5 Å². The second-order valence-electron chi connectivity index (χ2n) is 5.12. The van der Waals surface area contributed by atoms with Gasteiger partial charge in [0.25, 0.3) is 0 Å². The lowest BCUT2D eigenvalue weighted by molar-refractivity contribution is -0.119. The minimum absolute atomic E-state index is 0.00734. The summed E-state index contributed by atoms with van der Waals surface area (Å²) in [4.78, 5) is 13.7. The third kappa shape index (κ3) is 4.12. The fourth-order valence-corrected chi connectivity index (χ4v) is 2.31. The minimum Gasteiger partial charge on any atom is -0.362 e. The third-order valence-corrected chi connectivity index (χ3v) is 3.78. The van der Waals surface area contributed by atoms with Gasteiger partial charge in [-0.15, -0.1) is 0 Å². The average molecular weight is 296 g/mol. The van der Waals surface area contributed by atoms with E-state index >= 15 is 0 Å². The highest BCUT2D eigenvalue weighted by molar-refractivity contribution is 6.30. The van der Waals surface area contributed by atoms with Gasteiger partial charge in [0.05, 0.1) is 6.54 Å². The number of benzene rings is 1. The molecule has 110 valence electrons. The number of carbonyl (C=O) groups excluding carboxylic acids is 1. The molecule has 0 bridgehead atoms. The van der Waals surface area contributed by atoms with Gasteiger partial charge in [-0.25, -0.2) is 0 Å². The summed E-state index contributed by atoms with van der Waals surface area (Å²) >= 11 is 6.12. The highest BCUT2D eigenvalue weighted by Crippen LogP contribution is 2.26. The summed E-state index contributed by atoms with van der Waals surface area (Å²) in [5, 5.41) is 6.87. The molecule has 20 heavy (non-hydrogen) atoms. The van der Waals surface area contributed by atoms with Crippen molar-refractivity contribution in [2.24, 2.45) is 0 Å². The molecule has 0 atom stereocenters. The Morgan fingerprint density at radius 3 is 2.80 bits per heavy atom. The second-order valence-corrected chi connectivity index (χ2v) is 5.55. The molecule has 4 nitrogen and oxygen atoms in total. The summed E-state index contributed by atoms with van der Waals surface area (Å²) in [6.07, 6.45) is 2.53. The van der Waals surface area contributed by atoms with E-state index in [4.69, 9.17) is 11.6 Å². The van der Waals surface area contributed by atoms with Gasteiger partial charge in [0, 0.05) is 36.9 Å². The molecule has 0 saturated heterocycles. The number of rotatable bonds is 7. The molecule has 1 fully saturated rings. The number of hydrogen-bond donors (Lipinski definition) is 2. The zero-order valence-electron chi connectivity index (χ0n) is 12.1. The lowest BCUT2D eigenvalue weighted by Gasteiger charge is -2.25. The van der Waals surface area contributed by atoms with E-state index in [0.717, 1.165) is 18.8 Å². The van der Waals surface area contributed by atoms with Crippen LogP contribution in [0.2, 0.25) is 5.02 Å². The van der Waals surface area contributed by atoms with Crippen molar-refractivity contribution in [2.45, 2.75) is 32.4 Å². The summed E-state index contributed by atoms with van der Waals surface area (Å²) in [7, 11) is 1.66. The van der Waals surface area contributed by atoms with E-state index in [9.17, 15) is 4.79 Å². The monoisotopic (exact) mass is 295 g/mol. The molecule has 0 aromatic heterocycles. The number of amides is 1. The molecule has 2 N–H and O–H groups in total. The van der Waals surface area contributed by atoms with E-state index in [1.165, 1.54) is 18.4 Å². The van der Waals surface area contributed by atoms with E-state index in [1.54, 1.807) is 7.05 Å². The number of anilines is 1. The largest absolute Gasteiger partial charge is 0.362 e. The van der Waals surface area contributed by atoms with Gasteiger partial charge in [0.15, 0.2) is 0 Å². The van der Waals surface area contributed by atoms with Crippen LogP contribution in [0.25, 0.3) is 0 Å². The van der Waals surface area contributed by atoms with Gasteiger partial charge in [-0.2, -0.15) is 0 Å². The highest BCUT2D eigenvalue weighted by Gasteiger charge is 2.21. The standard InChI is InChI=1S/C15H22ClN3O/c1-3-19(10-15(20)17-2)14-8-12(16)5-4-11(14)9-18-13-6-7-13/h4-5,8,13,18H,3,6-7,9-10H2,1-2H3,(H,17,20). The Bertz CT molecular complexity index is 474. The molecule has 0 aliphatic heterocycles. The van der Waals surface area contributed by atoms with Crippen LogP contribution in [0.5, 0.6) is 0 Å². The molecule has 2 rings (SSSR count). The van der Waals surface area contributed by atoms with Crippen LogP contribution in [0.3, 0.4) is 0 Å². The zero-order chi connectivity index (χ0) is 14.5. The lowest BCUT2D eigenvalue weighted by Crippen LogP contribution is -2.36. The molecule has 0 unspecified atom stereocenters. The topological polar surface area (TPSA) is 44.4 Å². The smallest absolute Gasteiger partial charge is 0.239 e. The molecule has 1 aliphatic rings. The van der Waals surface area contributed by atoms with Crippen LogP contribution in [0.4, 0.5) is 5.69 Å². The maximum atomic E-state index is 11.6. The van der Waals surface area contributed by atoms with E-state index < -0.39 is 0 Å². The number of nitrogens with zero attached hydrogens (tertiary/aromatic N) is 1. The molecule has 0 radical (unpaired) electrons. The van der Waals surface area contributed by atoms with E-state index in [1.807, 2.05) is 25.1 Å². The number of nitrogens with one attached hydrogen (secondary N) is 2. The maximum Gasteiger partial charge on any atom is 0.239 e. The first-order valence-electron chi connectivity index (χ1n) is 7.11. The average Bonchev–Trinajstić information content (AvgIpc) is 3.27. The second kappa shape index (κ2) is 6.95. The predicted molar refractivity (Wildman–Crippen MR) is 83.3 cm³/mol.